The number of rotatable bonds is 3. The normalized spacial score (nSPS) is 20.6. The average Bonchev–Trinajstić information content (AvgIpc) is 3.36. The molecule has 1 aliphatic carbocycles. The molecule has 0 spiro atoms. The predicted octanol–water partition coefficient (Wildman–Crippen LogP) is 5.33. The fraction of sp³-hybridized carbons (Fsp3) is 0.520. The lowest BCUT2D eigenvalue weighted by atomic mass is 9.80. The van der Waals surface area contributed by atoms with Crippen LogP contribution in [0.4, 0.5) is 9.18 Å². The van der Waals surface area contributed by atoms with E-state index in [0.717, 1.165) is 48.6 Å². The first-order chi connectivity index (χ1) is 16.7. The molecule has 0 saturated heterocycles. The standard InChI is InChI=1S/C25H30FN5O4/c1-15-11-20(29-34-15)16-5-7-17(8-6-16)23-28-27-22-14-30(35-24(32)33-25(2,3)4)13-18-12-19(26)9-10-21(18)31(22)23/h9-12,16-17H,5-8,13-14H2,1-4H3/t16-,17-. The van der Waals surface area contributed by atoms with Gasteiger partial charge in [-0.15, -0.1) is 15.3 Å². The van der Waals surface area contributed by atoms with Crippen LogP contribution in [0.15, 0.2) is 28.8 Å². The molecule has 0 atom stereocenters. The minimum absolute atomic E-state index is 0.202. The fourth-order valence-corrected chi connectivity index (χ4v) is 4.93. The van der Waals surface area contributed by atoms with Crippen LogP contribution >= 0.6 is 0 Å². The number of aryl methyl sites for hydroxylation is 1. The summed E-state index contributed by atoms with van der Waals surface area (Å²) in [5.74, 6) is 2.52. The van der Waals surface area contributed by atoms with Crippen molar-refractivity contribution in [1.29, 1.82) is 0 Å². The van der Waals surface area contributed by atoms with E-state index in [0.29, 0.717) is 17.3 Å². The van der Waals surface area contributed by atoms with Gasteiger partial charge in [0.25, 0.3) is 0 Å². The van der Waals surface area contributed by atoms with Crippen LogP contribution in [0.3, 0.4) is 0 Å². The Morgan fingerprint density at radius 1 is 1.09 bits per heavy atom. The van der Waals surface area contributed by atoms with E-state index in [4.69, 9.17) is 14.1 Å². The van der Waals surface area contributed by atoms with Gasteiger partial charge in [-0.1, -0.05) is 5.16 Å². The molecule has 1 aliphatic heterocycles. The summed E-state index contributed by atoms with van der Waals surface area (Å²) in [5, 5.41) is 14.6. The van der Waals surface area contributed by atoms with Gasteiger partial charge in [-0.25, -0.2) is 9.18 Å². The van der Waals surface area contributed by atoms with Crippen molar-refractivity contribution >= 4 is 6.16 Å². The number of nitrogens with zero attached hydrogens (tertiary/aromatic N) is 5. The maximum Gasteiger partial charge on any atom is 0.528 e. The van der Waals surface area contributed by atoms with Crippen molar-refractivity contribution < 1.29 is 23.3 Å². The summed E-state index contributed by atoms with van der Waals surface area (Å²) in [6.07, 6.45) is 3.00. The van der Waals surface area contributed by atoms with Crippen molar-refractivity contribution in [3.63, 3.8) is 0 Å². The molecule has 0 radical (unpaired) electrons. The van der Waals surface area contributed by atoms with Crippen LogP contribution in [0.1, 0.15) is 87.0 Å². The van der Waals surface area contributed by atoms with Gasteiger partial charge in [-0.05, 0) is 77.1 Å². The van der Waals surface area contributed by atoms with Crippen LogP contribution in [0.25, 0.3) is 5.69 Å². The zero-order valence-corrected chi connectivity index (χ0v) is 20.5. The molecule has 3 aromatic rings. The van der Waals surface area contributed by atoms with Crippen LogP contribution in [0, 0.1) is 12.7 Å². The molecule has 9 nitrogen and oxygen atoms in total. The number of hydrogen-bond acceptors (Lipinski definition) is 8. The van der Waals surface area contributed by atoms with Crippen LogP contribution in [0.2, 0.25) is 0 Å². The number of hydrogen-bond donors (Lipinski definition) is 0. The molecule has 0 unspecified atom stereocenters. The van der Waals surface area contributed by atoms with Gasteiger partial charge in [-0.2, -0.15) is 0 Å². The van der Waals surface area contributed by atoms with Gasteiger partial charge in [0.1, 0.15) is 23.0 Å². The van der Waals surface area contributed by atoms with Crippen molar-refractivity contribution in [3.05, 3.63) is 58.7 Å². The number of aromatic nitrogens is 4. The zero-order valence-electron chi connectivity index (χ0n) is 20.5. The number of ether oxygens (including phenoxy) is 1. The molecule has 2 aliphatic rings. The van der Waals surface area contributed by atoms with E-state index in [1.165, 1.54) is 17.2 Å². The third kappa shape index (κ3) is 5.07. The van der Waals surface area contributed by atoms with Crippen LogP contribution < -0.4 is 0 Å². The van der Waals surface area contributed by atoms with E-state index in [1.54, 1.807) is 26.8 Å². The van der Waals surface area contributed by atoms with Crippen LogP contribution in [-0.4, -0.2) is 36.7 Å². The average molecular weight is 484 g/mol. The van der Waals surface area contributed by atoms with Crippen molar-refractivity contribution in [3.8, 4) is 5.69 Å². The number of carbonyl (C=O) groups excluding carboxylic acids is 1. The first kappa shape index (κ1) is 23.5. The van der Waals surface area contributed by atoms with Crippen molar-refractivity contribution in [2.45, 2.75) is 83.9 Å². The first-order valence-electron chi connectivity index (χ1n) is 12.0. The molecule has 1 saturated carbocycles. The lowest BCUT2D eigenvalue weighted by molar-refractivity contribution is -0.155. The van der Waals surface area contributed by atoms with Crippen LogP contribution in [0.5, 0.6) is 0 Å². The van der Waals surface area contributed by atoms with E-state index < -0.39 is 11.8 Å². The van der Waals surface area contributed by atoms with Gasteiger partial charge in [0.2, 0.25) is 0 Å². The quantitative estimate of drug-likeness (QED) is 0.462. The minimum Gasteiger partial charge on any atom is -0.427 e. The predicted molar refractivity (Wildman–Crippen MR) is 123 cm³/mol. The molecule has 35 heavy (non-hydrogen) atoms. The number of benzene rings is 1. The number of fused-ring (bicyclic) bond motifs is 3. The third-order valence-corrected chi connectivity index (χ3v) is 6.45. The van der Waals surface area contributed by atoms with Crippen molar-refractivity contribution in [1.82, 2.24) is 25.0 Å². The number of carbonyl (C=O) groups is 1. The van der Waals surface area contributed by atoms with Gasteiger partial charge < -0.3 is 14.1 Å². The topological polar surface area (TPSA) is 95.5 Å². The Bertz CT molecular complexity index is 1220. The zero-order chi connectivity index (χ0) is 24.7. The summed E-state index contributed by atoms with van der Waals surface area (Å²) in [7, 11) is 0. The molecule has 1 aromatic carbocycles. The van der Waals surface area contributed by atoms with Gasteiger partial charge in [0.05, 0.1) is 24.5 Å². The van der Waals surface area contributed by atoms with Crippen molar-refractivity contribution in [2.24, 2.45) is 0 Å². The van der Waals surface area contributed by atoms with E-state index in [9.17, 15) is 9.18 Å². The van der Waals surface area contributed by atoms with Gasteiger partial charge in [0.15, 0.2) is 5.82 Å². The molecule has 0 N–H and O–H groups in total. The van der Waals surface area contributed by atoms with Crippen molar-refractivity contribution in [2.75, 3.05) is 0 Å². The van der Waals surface area contributed by atoms with Gasteiger partial charge in [0, 0.05) is 17.9 Å². The second-order valence-corrected chi connectivity index (χ2v) is 10.3. The molecular formula is C25H30FN5O4. The van der Waals surface area contributed by atoms with Crippen LogP contribution in [-0.2, 0) is 22.7 Å². The number of halogens is 1. The molecule has 186 valence electrons. The first-order valence-corrected chi connectivity index (χ1v) is 12.0. The second kappa shape index (κ2) is 9.07. The Balaban J connectivity index is 1.40. The molecule has 0 bridgehead atoms. The molecule has 5 rings (SSSR count). The SMILES string of the molecule is Cc1cc([C@H]2CC[C@H](c3nnc4n3-c3ccc(F)cc3CN(OC(=O)OC(C)(C)C)C4)CC2)no1. The third-order valence-electron chi connectivity index (χ3n) is 6.45. The largest absolute Gasteiger partial charge is 0.528 e. The number of hydroxylamine groups is 2. The summed E-state index contributed by atoms with van der Waals surface area (Å²) in [5.41, 5.74) is 1.80. The summed E-state index contributed by atoms with van der Waals surface area (Å²) in [6, 6.07) is 6.64. The van der Waals surface area contributed by atoms with E-state index in [2.05, 4.69) is 15.4 Å². The van der Waals surface area contributed by atoms with Gasteiger partial charge in [-0.3, -0.25) is 4.57 Å². The lowest BCUT2D eigenvalue weighted by Gasteiger charge is -2.27. The fourth-order valence-electron chi connectivity index (χ4n) is 4.93. The monoisotopic (exact) mass is 483 g/mol. The Morgan fingerprint density at radius 3 is 2.51 bits per heavy atom. The summed E-state index contributed by atoms with van der Waals surface area (Å²) in [4.78, 5) is 17.8. The highest BCUT2D eigenvalue weighted by atomic mass is 19.1. The second-order valence-electron chi connectivity index (χ2n) is 10.3. The molecule has 0 amide bonds. The Labute approximate surface area is 203 Å². The lowest BCUT2D eigenvalue weighted by Crippen LogP contribution is -2.31. The molecule has 3 heterocycles. The summed E-state index contributed by atoms with van der Waals surface area (Å²) in [6.45, 7) is 7.61. The maximum atomic E-state index is 14.2. The minimum atomic E-state index is -0.815. The Kier molecular flexibility index (Phi) is 6.08. The highest BCUT2D eigenvalue weighted by Crippen LogP contribution is 2.41. The van der Waals surface area contributed by atoms with E-state index >= 15 is 0 Å². The Hall–Kier alpha value is -3.27. The summed E-state index contributed by atoms with van der Waals surface area (Å²) < 4.78 is 26.8. The van der Waals surface area contributed by atoms with Gasteiger partial charge >= 0.3 is 6.16 Å². The highest BCUT2D eigenvalue weighted by Gasteiger charge is 2.33. The molecular weight excluding hydrogens is 453 g/mol. The van der Waals surface area contributed by atoms with E-state index in [1.807, 2.05) is 17.6 Å². The smallest absolute Gasteiger partial charge is 0.427 e. The van der Waals surface area contributed by atoms with E-state index in [-0.39, 0.29) is 24.8 Å². The molecule has 10 heteroatoms. The maximum absolute atomic E-state index is 14.2. The molecule has 1 fully saturated rings. The Morgan fingerprint density at radius 2 is 1.83 bits per heavy atom. The molecule has 2 aromatic heterocycles. The highest BCUT2D eigenvalue weighted by molar-refractivity contribution is 5.60. The summed E-state index contributed by atoms with van der Waals surface area (Å²) >= 11 is 0.